The van der Waals surface area contributed by atoms with Gasteiger partial charge in [0, 0.05) is 11.5 Å². The average molecular weight is 383 g/mol. The van der Waals surface area contributed by atoms with Gasteiger partial charge in [-0.3, -0.25) is 19.8 Å². The molecule has 122 valence electrons. The van der Waals surface area contributed by atoms with Crippen molar-refractivity contribution in [1.82, 2.24) is 20.9 Å². The molecule has 0 aromatic heterocycles. The first-order valence-corrected chi connectivity index (χ1v) is 7.49. The lowest BCUT2D eigenvalue weighted by atomic mass is 9.92. The van der Waals surface area contributed by atoms with E-state index in [1.165, 1.54) is 7.05 Å². The summed E-state index contributed by atoms with van der Waals surface area (Å²) in [5, 5.41) is 6.80. The molecule has 1 aliphatic heterocycles. The summed E-state index contributed by atoms with van der Waals surface area (Å²) in [6, 6.07) is 5.55. The smallest absolute Gasteiger partial charge is 0.325 e. The highest BCUT2D eigenvalue weighted by molar-refractivity contribution is 9.10. The van der Waals surface area contributed by atoms with Crippen LogP contribution in [-0.2, 0) is 15.1 Å². The van der Waals surface area contributed by atoms with E-state index in [-0.39, 0.29) is 0 Å². The second-order valence-electron chi connectivity index (χ2n) is 5.08. The normalized spacial score (nSPS) is 20.2. The lowest BCUT2D eigenvalue weighted by Gasteiger charge is -2.22. The van der Waals surface area contributed by atoms with Gasteiger partial charge in [0.1, 0.15) is 12.1 Å². The molecule has 1 saturated heterocycles. The first kappa shape index (κ1) is 16.9. The predicted octanol–water partition coefficient (Wildman–Crippen LogP) is 0.672. The van der Waals surface area contributed by atoms with Gasteiger partial charge in [-0.15, -0.1) is 0 Å². The largest absolute Gasteiger partial charge is 0.341 e. The van der Waals surface area contributed by atoms with Gasteiger partial charge < -0.3 is 10.6 Å². The average Bonchev–Trinajstić information content (AvgIpc) is 2.71. The Kier molecular flexibility index (Phi) is 4.69. The number of nitrogens with one attached hydrogen (secondary N) is 3. The number of carbonyl (C=O) groups is 4. The zero-order valence-corrected chi connectivity index (χ0v) is 14.1. The van der Waals surface area contributed by atoms with Crippen LogP contribution in [0.15, 0.2) is 28.7 Å². The van der Waals surface area contributed by atoms with Crippen LogP contribution in [0.25, 0.3) is 0 Å². The van der Waals surface area contributed by atoms with Gasteiger partial charge in [-0.25, -0.2) is 9.59 Å². The van der Waals surface area contributed by atoms with Crippen molar-refractivity contribution in [2.24, 2.45) is 0 Å². The number of halogens is 1. The van der Waals surface area contributed by atoms with Crippen molar-refractivity contribution in [2.45, 2.75) is 12.5 Å². The molecule has 1 aromatic carbocycles. The molecule has 0 saturated carbocycles. The standard InChI is InChI=1S/C14H15BrN4O4/c1-14(8-4-3-5-9(15)6-8)11(21)19(13(23)18-14)7-10(20)17-12(22)16-2/h3-6H,7H2,1-2H3,(H,18,23)(H2,16,17,20,22)/t14-/m1/s1. The first-order chi connectivity index (χ1) is 10.8. The third-order valence-corrected chi connectivity index (χ3v) is 3.95. The fourth-order valence-corrected chi connectivity index (χ4v) is 2.61. The van der Waals surface area contributed by atoms with Crippen LogP contribution < -0.4 is 16.0 Å². The summed E-state index contributed by atoms with van der Waals surface area (Å²) >= 11 is 3.31. The summed E-state index contributed by atoms with van der Waals surface area (Å²) in [7, 11) is 1.35. The van der Waals surface area contributed by atoms with E-state index < -0.39 is 36.0 Å². The Morgan fingerprint density at radius 1 is 1.35 bits per heavy atom. The Balaban J connectivity index is 2.19. The van der Waals surface area contributed by atoms with Crippen LogP contribution in [0.4, 0.5) is 9.59 Å². The van der Waals surface area contributed by atoms with Gasteiger partial charge in [0.05, 0.1) is 0 Å². The molecule has 1 aromatic rings. The number of imide groups is 2. The number of hydrogen-bond donors (Lipinski definition) is 3. The molecule has 0 spiro atoms. The van der Waals surface area contributed by atoms with Crippen molar-refractivity contribution in [3.8, 4) is 0 Å². The van der Waals surface area contributed by atoms with Crippen LogP contribution in [0.1, 0.15) is 12.5 Å². The van der Waals surface area contributed by atoms with Crippen molar-refractivity contribution in [3.05, 3.63) is 34.3 Å². The molecule has 23 heavy (non-hydrogen) atoms. The zero-order chi connectivity index (χ0) is 17.2. The van der Waals surface area contributed by atoms with E-state index in [2.05, 4.69) is 26.6 Å². The second-order valence-corrected chi connectivity index (χ2v) is 6.00. The summed E-state index contributed by atoms with van der Waals surface area (Å²) in [5.41, 5.74) is -0.687. The third kappa shape index (κ3) is 3.34. The number of amides is 6. The zero-order valence-electron chi connectivity index (χ0n) is 12.5. The summed E-state index contributed by atoms with van der Waals surface area (Å²) in [5.74, 6) is -1.32. The monoisotopic (exact) mass is 382 g/mol. The van der Waals surface area contributed by atoms with Gasteiger partial charge in [-0.1, -0.05) is 28.1 Å². The van der Waals surface area contributed by atoms with Crippen LogP contribution in [0.3, 0.4) is 0 Å². The Labute approximate surface area is 140 Å². The Bertz CT molecular complexity index is 693. The van der Waals surface area contributed by atoms with Gasteiger partial charge in [-0.2, -0.15) is 0 Å². The third-order valence-electron chi connectivity index (χ3n) is 3.46. The minimum Gasteiger partial charge on any atom is -0.341 e. The number of carbonyl (C=O) groups excluding carboxylic acids is 4. The predicted molar refractivity (Wildman–Crippen MR) is 84.3 cm³/mol. The van der Waals surface area contributed by atoms with E-state index in [1.807, 2.05) is 5.32 Å². The first-order valence-electron chi connectivity index (χ1n) is 6.69. The Hall–Kier alpha value is -2.42. The molecule has 1 atom stereocenters. The molecule has 1 fully saturated rings. The van der Waals surface area contributed by atoms with Crippen molar-refractivity contribution in [1.29, 1.82) is 0 Å². The fourth-order valence-electron chi connectivity index (χ4n) is 2.21. The highest BCUT2D eigenvalue weighted by Crippen LogP contribution is 2.30. The molecule has 0 radical (unpaired) electrons. The molecule has 1 heterocycles. The van der Waals surface area contributed by atoms with E-state index in [0.29, 0.717) is 5.56 Å². The highest BCUT2D eigenvalue weighted by atomic mass is 79.9. The van der Waals surface area contributed by atoms with Gasteiger partial charge >= 0.3 is 12.1 Å². The molecule has 0 bridgehead atoms. The fraction of sp³-hybridized carbons (Fsp3) is 0.286. The van der Waals surface area contributed by atoms with Crippen LogP contribution in [-0.4, -0.2) is 42.4 Å². The molecule has 1 aliphatic rings. The molecule has 3 N–H and O–H groups in total. The van der Waals surface area contributed by atoms with Crippen molar-refractivity contribution in [3.63, 3.8) is 0 Å². The molecular formula is C14H15BrN4O4. The minimum atomic E-state index is -1.27. The molecular weight excluding hydrogens is 368 g/mol. The van der Waals surface area contributed by atoms with Crippen molar-refractivity contribution in [2.75, 3.05) is 13.6 Å². The van der Waals surface area contributed by atoms with Gasteiger partial charge in [0.25, 0.3) is 5.91 Å². The number of rotatable bonds is 3. The highest BCUT2D eigenvalue weighted by Gasteiger charge is 2.49. The van der Waals surface area contributed by atoms with E-state index in [0.717, 1.165) is 9.37 Å². The van der Waals surface area contributed by atoms with Crippen molar-refractivity contribution < 1.29 is 19.2 Å². The lowest BCUT2D eigenvalue weighted by Crippen LogP contribution is -2.46. The van der Waals surface area contributed by atoms with Crippen LogP contribution in [0.5, 0.6) is 0 Å². The maximum absolute atomic E-state index is 12.6. The quantitative estimate of drug-likeness (QED) is 0.667. The number of benzene rings is 1. The topological polar surface area (TPSA) is 108 Å². The maximum atomic E-state index is 12.6. The molecule has 0 unspecified atom stereocenters. The minimum absolute atomic E-state index is 0.540. The SMILES string of the molecule is CNC(=O)NC(=O)CN1C(=O)N[C@](C)(c2cccc(Br)c2)C1=O. The maximum Gasteiger partial charge on any atom is 0.325 e. The number of urea groups is 2. The van der Waals surface area contributed by atoms with Gasteiger partial charge in [0.2, 0.25) is 5.91 Å². The summed E-state index contributed by atoms with van der Waals surface area (Å²) in [6.45, 7) is 1.02. The van der Waals surface area contributed by atoms with E-state index in [4.69, 9.17) is 0 Å². The molecule has 0 aliphatic carbocycles. The van der Waals surface area contributed by atoms with E-state index in [9.17, 15) is 19.2 Å². The number of nitrogens with zero attached hydrogens (tertiary/aromatic N) is 1. The van der Waals surface area contributed by atoms with Crippen LogP contribution in [0.2, 0.25) is 0 Å². The molecule has 9 heteroatoms. The second kappa shape index (κ2) is 6.37. The summed E-state index contributed by atoms with van der Waals surface area (Å²) in [4.78, 5) is 48.2. The summed E-state index contributed by atoms with van der Waals surface area (Å²) < 4.78 is 0.758. The Morgan fingerprint density at radius 3 is 2.65 bits per heavy atom. The van der Waals surface area contributed by atoms with Crippen molar-refractivity contribution >= 4 is 39.8 Å². The van der Waals surface area contributed by atoms with Crippen LogP contribution >= 0.6 is 15.9 Å². The van der Waals surface area contributed by atoms with Gasteiger partial charge in [0.15, 0.2) is 0 Å². The number of hydrogen-bond acceptors (Lipinski definition) is 4. The summed E-state index contributed by atoms with van der Waals surface area (Å²) in [6.07, 6.45) is 0. The molecule has 2 rings (SSSR count). The van der Waals surface area contributed by atoms with E-state index >= 15 is 0 Å². The van der Waals surface area contributed by atoms with E-state index in [1.54, 1.807) is 31.2 Å². The van der Waals surface area contributed by atoms with Gasteiger partial charge in [-0.05, 0) is 24.6 Å². The Morgan fingerprint density at radius 2 is 2.04 bits per heavy atom. The molecule has 6 amide bonds. The lowest BCUT2D eigenvalue weighted by molar-refractivity contribution is -0.134. The van der Waals surface area contributed by atoms with Crippen LogP contribution in [0, 0.1) is 0 Å². The molecule has 8 nitrogen and oxygen atoms in total.